The van der Waals surface area contributed by atoms with Gasteiger partial charge in [-0.1, -0.05) is 6.92 Å². The Morgan fingerprint density at radius 2 is 1.70 bits per heavy atom. The third-order valence-electron chi connectivity index (χ3n) is 5.67. The van der Waals surface area contributed by atoms with Gasteiger partial charge in [0.05, 0.1) is 6.61 Å². The predicted octanol–water partition coefficient (Wildman–Crippen LogP) is 2.22. The SMILES string of the molecule is CCCN(CCO)C(=O)NC1C2CC3CC(C2)CC1C3. The molecule has 4 heteroatoms. The van der Waals surface area contributed by atoms with Crippen molar-refractivity contribution in [2.75, 3.05) is 19.7 Å². The van der Waals surface area contributed by atoms with E-state index in [1.165, 1.54) is 32.1 Å². The minimum Gasteiger partial charge on any atom is -0.395 e. The highest BCUT2D eigenvalue weighted by Crippen LogP contribution is 2.53. The van der Waals surface area contributed by atoms with Gasteiger partial charge < -0.3 is 15.3 Å². The van der Waals surface area contributed by atoms with Crippen LogP contribution in [0, 0.1) is 23.7 Å². The summed E-state index contributed by atoms with van der Waals surface area (Å²) < 4.78 is 0. The van der Waals surface area contributed by atoms with Crippen molar-refractivity contribution in [2.45, 2.75) is 51.5 Å². The summed E-state index contributed by atoms with van der Waals surface area (Å²) in [5, 5.41) is 12.4. The number of nitrogens with one attached hydrogen (secondary N) is 1. The zero-order valence-corrected chi connectivity index (χ0v) is 12.6. The highest BCUT2D eigenvalue weighted by molar-refractivity contribution is 5.74. The zero-order valence-electron chi connectivity index (χ0n) is 12.6. The summed E-state index contributed by atoms with van der Waals surface area (Å²) in [6.07, 6.45) is 7.68. The Balaban J connectivity index is 1.60. The molecule has 0 aromatic heterocycles. The molecule has 4 rings (SSSR count). The van der Waals surface area contributed by atoms with Gasteiger partial charge in [-0.25, -0.2) is 4.79 Å². The number of amides is 2. The van der Waals surface area contributed by atoms with E-state index in [2.05, 4.69) is 12.2 Å². The molecule has 20 heavy (non-hydrogen) atoms. The molecule has 4 aliphatic carbocycles. The van der Waals surface area contributed by atoms with Gasteiger partial charge in [0.25, 0.3) is 0 Å². The number of aliphatic hydroxyl groups excluding tert-OH is 1. The second-order valence-electron chi connectivity index (χ2n) is 7.12. The summed E-state index contributed by atoms with van der Waals surface area (Å²) in [5.41, 5.74) is 0. The number of aliphatic hydroxyl groups is 1. The Kier molecular flexibility index (Phi) is 4.20. The van der Waals surface area contributed by atoms with Crippen molar-refractivity contribution in [1.82, 2.24) is 10.2 Å². The average molecular weight is 280 g/mol. The number of hydrogen-bond donors (Lipinski definition) is 2. The first-order valence-electron chi connectivity index (χ1n) is 8.37. The number of carbonyl (C=O) groups is 1. The Bertz CT molecular complexity index is 324. The van der Waals surface area contributed by atoms with E-state index in [1.54, 1.807) is 4.90 Å². The fourth-order valence-electron chi connectivity index (χ4n) is 5.10. The number of nitrogens with zero attached hydrogens (tertiary/aromatic N) is 1. The van der Waals surface area contributed by atoms with E-state index < -0.39 is 0 Å². The van der Waals surface area contributed by atoms with Gasteiger partial charge in [-0.3, -0.25) is 0 Å². The van der Waals surface area contributed by atoms with Crippen LogP contribution < -0.4 is 5.32 Å². The first-order chi connectivity index (χ1) is 9.71. The molecule has 4 nitrogen and oxygen atoms in total. The molecule has 0 aliphatic heterocycles. The van der Waals surface area contributed by atoms with Crippen molar-refractivity contribution >= 4 is 6.03 Å². The molecule has 0 saturated heterocycles. The van der Waals surface area contributed by atoms with Crippen LogP contribution in [0.4, 0.5) is 4.79 Å². The fourth-order valence-corrected chi connectivity index (χ4v) is 5.10. The molecule has 0 heterocycles. The third kappa shape index (κ3) is 2.67. The van der Waals surface area contributed by atoms with Crippen LogP contribution in [-0.2, 0) is 0 Å². The molecule has 4 bridgehead atoms. The van der Waals surface area contributed by atoms with Crippen molar-refractivity contribution in [3.05, 3.63) is 0 Å². The monoisotopic (exact) mass is 280 g/mol. The van der Waals surface area contributed by atoms with E-state index >= 15 is 0 Å². The topological polar surface area (TPSA) is 52.6 Å². The van der Waals surface area contributed by atoms with Crippen LogP contribution in [-0.4, -0.2) is 41.8 Å². The van der Waals surface area contributed by atoms with Crippen molar-refractivity contribution in [3.8, 4) is 0 Å². The summed E-state index contributed by atoms with van der Waals surface area (Å²) in [6.45, 7) is 3.31. The summed E-state index contributed by atoms with van der Waals surface area (Å²) in [6, 6.07) is 0.437. The average Bonchev–Trinajstić information content (AvgIpc) is 2.41. The van der Waals surface area contributed by atoms with Crippen molar-refractivity contribution in [1.29, 1.82) is 0 Å². The first kappa shape index (κ1) is 14.2. The lowest BCUT2D eigenvalue weighted by Crippen LogP contribution is -2.58. The van der Waals surface area contributed by atoms with Crippen LogP contribution in [0.1, 0.15) is 45.4 Å². The molecule has 2 amide bonds. The van der Waals surface area contributed by atoms with Gasteiger partial charge in [-0.05, 0) is 62.2 Å². The van der Waals surface area contributed by atoms with Crippen LogP contribution in [0.2, 0.25) is 0 Å². The maximum Gasteiger partial charge on any atom is 0.317 e. The minimum absolute atomic E-state index is 0.0402. The Hall–Kier alpha value is -0.770. The van der Waals surface area contributed by atoms with Crippen LogP contribution >= 0.6 is 0 Å². The van der Waals surface area contributed by atoms with Crippen LogP contribution in [0.3, 0.4) is 0 Å². The van der Waals surface area contributed by atoms with E-state index in [0.717, 1.165) is 24.8 Å². The quantitative estimate of drug-likeness (QED) is 0.811. The number of hydrogen-bond acceptors (Lipinski definition) is 2. The zero-order chi connectivity index (χ0) is 14.1. The molecule has 4 saturated carbocycles. The second kappa shape index (κ2) is 5.92. The van der Waals surface area contributed by atoms with E-state index in [4.69, 9.17) is 5.11 Å². The molecule has 2 N–H and O–H groups in total. The first-order valence-corrected chi connectivity index (χ1v) is 8.37. The number of urea groups is 1. The summed E-state index contributed by atoms with van der Waals surface area (Å²) >= 11 is 0. The van der Waals surface area contributed by atoms with Crippen LogP contribution in [0.15, 0.2) is 0 Å². The minimum atomic E-state index is 0.0402. The van der Waals surface area contributed by atoms with Gasteiger partial charge in [-0.15, -0.1) is 0 Å². The van der Waals surface area contributed by atoms with Crippen molar-refractivity contribution in [2.24, 2.45) is 23.7 Å². The molecular formula is C16H28N2O2. The van der Waals surface area contributed by atoms with Gasteiger partial charge in [-0.2, -0.15) is 0 Å². The summed E-state index contributed by atoms with van der Waals surface area (Å²) in [4.78, 5) is 14.2. The molecule has 0 atom stereocenters. The maximum atomic E-state index is 12.4. The molecule has 4 aliphatic rings. The van der Waals surface area contributed by atoms with E-state index in [9.17, 15) is 4.79 Å². The molecule has 0 spiro atoms. The highest BCUT2D eigenvalue weighted by Gasteiger charge is 2.48. The van der Waals surface area contributed by atoms with E-state index in [0.29, 0.717) is 24.4 Å². The fraction of sp³-hybridized carbons (Fsp3) is 0.938. The lowest BCUT2D eigenvalue weighted by Gasteiger charge is -2.54. The molecule has 114 valence electrons. The van der Waals surface area contributed by atoms with Gasteiger partial charge in [0.15, 0.2) is 0 Å². The normalized spacial score (nSPS) is 38.0. The standard InChI is InChI=1S/C16H28N2O2/c1-2-3-18(4-5-19)16(20)17-15-13-7-11-6-12(9-13)10-14(15)8-11/h11-15,19H,2-10H2,1H3,(H,17,20). The smallest absolute Gasteiger partial charge is 0.317 e. The molecule has 0 aromatic carbocycles. The third-order valence-corrected chi connectivity index (χ3v) is 5.67. The number of carbonyl (C=O) groups excluding carboxylic acids is 1. The van der Waals surface area contributed by atoms with Crippen molar-refractivity contribution < 1.29 is 9.90 Å². The second-order valence-corrected chi connectivity index (χ2v) is 7.12. The summed E-state index contributed by atoms with van der Waals surface area (Å²) in [5.74, 6) is 3.31. The van der Waals surface area contributed by atoms with E-state index in [-0.39, 0.29) is 12.6 Å². The Morgan fingerprint density at radius 1 is 1.10 bits per heavy atom. The Labute approximate surface area is 121 Å². The summed E-state index contributed by atoms with van der Waals surface area (Å²) in [7, 11) is 0. The predicted molar refractivity (Wildman–Crippen MR) is 78.3 cm³/mol. The molecule has 0 unspecified atom stereocenters. The van der Waals surface area contributed by atoms with Crippen LogP contribution in [0.5, 0.6) is 0 Å². The molecule has 0 radical (unpaired) electrons. The lowest BCUT2D eigenvalue weighted by atomic mass is 9.54. The highest BCUT2D eigenvalue weighted by atomic mass is 16.3. The molecule has 4 fully saturated rings. The van der Waals surface area contributed by atoms with Crippen molar-refractivity contribution in [3.63, 3.8) is 0 Å². The molecule has 0 aromatic rings. The largest absolute Gasteiger partial charge is 0.395 e. The van der Waals surface area contributed by atoms with Gasteiger partial charge >= 0.3 is 6.03 Å². The van der Waals surface area contributed by atoms with Gasteiger partial charge in [0.2, 0.25) is 0 Å². The molecular weight excluding hydrogens is 252 g/mol. The Morgan fingerprint density at radius 3 is 2.20 bits per heavy atom. The van der Waals surface area contributed by atoms with E-state index in [1.807, 2.05) is 0 Å². The van der Waals surface area contributed by atoms with Gasteiger partial charge in [0.1, 0.15) is 0 Å². The lowest BCUT2D eigenvalue weighted by molar-refractivity contribution is -0.0111. The van der Waals surface area contributed by atoms with Crippen LogP contribution in [0.25, 0.3) is 0 Å². The van der Waals surface area contributed by atoms with Gasteiger partial charge in [0, 0.05) is 19.1 Å². The number of rotatable bonds is 5. The maximum absolute atomic E-state index is 12.4.